The summed E-state index contributed by atoms with van der Waals surface area (Å²) in [6, 6.07) is 2.24. The highest BCUT2D eigenvalue weighted by molar-refractivity contribution is 4.94. The molecule has 1 aromatic heterocycles. The maximum Gasteiger partial charge on any atom is 0.0950 e. The van der Waals surface area contributed by atoms with E-state index in [2.05, 4.69) is 14.9 Å². The van der Waals surface area contributed by atoms with Crippen LogP contribution in [0.5, 0.6) is 0 Å². The lowest BCUT2D eigenvalue weighted by Gasteiger charge is -2.28. The highest BCUT2D eigenvalue weighted by atomic mass is 16.5. The van der Waals surface area contributed by atoms with E-state index in [4.69, 9.17) is 4.74 Å². The van der Waals surface area contributed by atoms with Gasteiger partial charge in [0.25, 0.3) is 0 Å². The highest BCUT2D eigenvalue weighted by Gasteiger charge is 2.32. The van der Waals surface area contributed by atoms with Gasteiger partial charge in [0.05, 0.1) is 37.6 Å². The zero-order chi connectivity index (χ0) is 14.7. The molecule has 6 nitrogen and oxygen atoms in total. The molecule has 0 saturated carbocycles. The van der Waals surface area contributed by atoms with E-state index < -0.39 is 0 Å². The average Bonchev–Trinajstić information content (AvgIpc) is 3.00. The van der Waals surface area contributed by atoms with Gasteiger partial charge in [-0.1, -0.05) is 0 Å². The Balaban J connectivity index is 1.46. The van der Waals surface area contributed by atoms with Crippen LogP contribution in [0.25, 0.3) is 0 Å². The van der Waals surface area contributed by atoms with E-state index in [0.717, 1.165) is 51.4 Å². The van der Waals surface area contributed by atoms with Gasteiger partial charge in [-0.25, -0.2) is 0 Å². The minimum atomic E-state index is -0.316. The second-order valence-corrected chi connectivity index (χ2v) is 6.12. The number of hydrogen-bond donors (Lipinski definition) is 1. The van der Waals surface area contributed by atoms with Crippen molar-refractivity contribution in [2.45, 2.75) is 32.0 Å². The molecule has 0 aromatic carbocycles. The topological polar surface area (TPSA) is 53.8 Å². The molecular formula is C15H26N4O2. The van der Waals surface area contributed by atoms with E-state index in [1.165, 1.54) is 0 Å². The zero-order valence-corrected chi connectivity index (χ0v) is 12.8. The van der Waals surface area contributed by atoms with Crippen LogP contribution < -0.4 is 0 Å². The predicted octanol–water partition coefficient (Wildman–Crippen LogP) is -0.0411. The third-order valence-electron chi connectivity index (χ3n) is 4.53. The number of nitrogens with zero attached hydrogens (tertiary/aromatic N) is 4. The van der Waals surface area contributed by atoms with E-state index in [9.17, 15) is 5.11 Å². The molecule has 0 unspecified atom stereocenters. The molecule has 2 aliphatic rings. The van der Waals surface area contributed by atoms with Crippen LogP contribution >= 0.6 is 0 Å². The Morgan fingerprint density at radius 1 is 1.24 bits per heavy atom. The summed E-state index contributed by atoms with van der Waals surface area (Å²) in [5.74, 6) is 0. The van der Waals surface area contributed by atoms with Crippen LogP contribution in [-0.2, 0) is 11.3 Å². The Hall–Kier alpha value is -0.950. The zero-order valence-electron chi connectivity index (χ0n) is 12.8. The molecular weight excluding hydrogens is 268 g/mol. The molecule has 0 aliphatic carbocycles. The minimum absolute atomic E-state index is 0.193. The normalized spacial score (nSPS) is 28.9. The second kappa shape index (κ2) is 6.87. The Bertz CT molecular complexity index is 451. The molecule has 3 rings (SSSR count). The molecule has 2 atom stereocenters. The molecule has 3 heterocycles. The summed E-state index contributed by atoms with van der Waals surface area (Å²) in [6.07, 6.45) is 2.89. The summed E-state index contributed by atoms with van der Waals surface area (Å²) in [5, 5.41) is 14.4. The Morgan fingerprint density at radius 2 is 2.14 bits per heavy atom. The molecule has 2 fully saturated rings. The first-order valence-corrected chi connectivity index (χ1v) is 7.94. The summed E-state index contributed by atoms with van der Waals surface area (Å²) in [4.78, 5) is 4.90. The van der Waals surface area contributed by atoms with Gasteiger partial charge >= 0.3 is 0 Å². The smallest absolute Gasteiger partial charge is 0.0950 e. The summed E-state index contributed by atoms with van der Waals surface area (Å²) < 4.78 is 7.40. The molecule has 0 bridgehead atoms. The van der Waals surface area contributed by atoms with Crippen LogP contribution in [0, 0.1) is 6.92 Å². The number of aliphatic hydroxyl groups is 1. The fraction of sp³-hybridized carbons (Fsp3) is 0.800. The van der Waals surface area contributed by atoms with E-state index >= 15 is 0 Å². The summed E-state index contributed by atoms with van der Waals surface area (Å²) in [6.45, 7) is 9.43. The summed E-state index contributed by atoms with van der Waals surface area (Å²) >= 11 is 0. The predicted molar refractivity (Wildman–Crippen MR) is 80.2 cm³/mol. The number of hydrogen-bond acceptors (Lipinski definition) is 5. The number of aliphatic hydroxyl groups excluding tert-OH is 1. The van der Waals surface area contributed by atoms with Crippen molar-refractivity contribution >= 4 is 0 Å². The van der Waals surface area contributed by atoms with E-state index in [1.54, 1.807) is 0 Å². The third kappa shape index (κ3) is 3.83. The van der Waals surface area contributed by atoms with Crippen LogP contribution in [0.1, 0.15) is 12.1 Å². The van der Waals surface area contributed by atoms with E-state index in [0.29, 0.717) is 13.2 Å². The van der Waals surface area contributed by atoms with Crippen molar-refractivity contribution in [3.05, 3.63) is 18.0 Å². The average molecular weight is 294 g/mol. The quantitative estimate of drug-likeness (QED) is 0.844. The molecule has 21 heavy (non-hydrogen) atoms. The molecule has 1 aromatic rings. The number of rotatable bonds is 4. The van der Waals surface area contributed by atoms with Crippen LogP contribution in [0.2, 0.25) is 0 Å². The van der Waals surface area contributed by atoms with E-state index in [-0.39, 0.29) is 12.1 Å². The highest BCUT2D eigenvalue weighted by Crippen LogP contribution is 2.15. The standard InChI is InChI=1S/C15H26N4O2/c1-13-3-6-19(16-13)10-8-17-4-2-5-18(9-7-17)14-11-21-12-15(14)20/h3,6,14-15,20H,2,4-5,7-12H2,1H3/t14-,15-/m1/s1. The van der Waals surface area contributed by atoms with Gasteiger partial charge in [0.1, 0.15) is 0 Å². The van der Waals surface area contributed by atoms with Gasteiger partial charge in [0, 0.05) is 25.8 Å². The lowest BCUT2D eigenvalue weighted by molar-refractivity contribution is 0.0838. The summed E-state index contributed by atoms with van der Waals surface area (Å²) in [7, 11) is 0. The Kier molecular flexibility index (Phi) is 4.90. The first-order valence-electron chi connectivity index (χ1n) is 7.94. The van der Waals surface area contributed by atoms with Gasteiger partial charge in [-0.2, -0.15) is 5.10 Å². The van der Waals surface area contributed by atoms with Crippen molar-refractivity contribution in [3.8, 4) is 0 Å². The van der Waals surface area contributed by atoms with Crippen molar-refractivity contribution in [3.63, 3.8) is 0 Å². The minimum Gasteiger partial charge on any atom is -0.389 e. The molecule has 118 valence electrons. The van der Waals surface area contributed by atoms with Gasteiger partial charge in [0.15, 0.2) is 0 Å². The molecule has 1 N–H and O–H groups in total. The Labute approximate surface area is 126 Å². The van der Waals surface area contributed by atoms with Gasteiger partial charge in [-0.15, -0.1) is 0 Å². The first-order chi connectivity index (χ1) is 10.2. The fourth-order valence-electron chi connectivity index (χ4n) is 3.26. The van der Waals surface area contributed by atoms with Crippen LogP contribution in [0.15, 0.2) is 12.3 Å². The number of ether oxygens (including phenoxy) is 1. The van der Waals surface area contributed by atoms with Gasteiger partial charge in [-0.3, -0.25) is 9.58 Å². The monoisotopic (exact) mass is 294 g/mol. The second-order valence-electron chi connectivity index (χ2n) is 6.12. The summed E-state index contributed by atoms with van der Waals surface area (Å²) in [5.41, 5.74) is 1.08. The van der Waals surface area contributed by atoms with Crippen molar-refractivity contribution in [2.24, 2.45) is 0 Å². The van der Waals surface area contributed by atoms with Crippen molar-refractivity contribution in [2.75, 3.05) is 45.9 Å². The molecule has 0 amide bonds. The van der Waals surface area contributed by atoms with E-state index in [1.807, 2.05) is 23.9 Å². The lowest BCUT2D eigenvalue weighted by atomic mass is 10.2. The molecule has 2 saturated heterocycles. The lowest BCUT2D eigenvalue weighted by Crippen LogP contribution is -2.45. The number of aryl methyl sites for hydroxylation is 1. The van der Waals surface area contributed by atoms with Gasteiger partial charge in [0.2, 0.25) is 0 Å². The molecule has 0 radical (unpaired) electrons. The molecule has 0 spiro atoms. The van der Waals surface area contributed by atoms with Crippen molar-refractivity contribution in [1.82, 2.24) is 19.6 Å². The van der Waals surface area contributed by atoms with Crippen LogP contribution in [-0.4, -0.2) is 82.8 Å². The molecule has 2 aliphatic heterocycles. The van der Waals surface area contributed by atoms with Gasteiger partial charge in [-0.05, 0) is 32.5 Å². The largest absolute Gasteiger partial charge is 0.389 e. The van der Waals surface area contributed by atoms with Crippen molar-refractivity contribution < 1.29 is 9.84 Å². The maximum absolute atomic E-state index is 9.96. The van der Waals surface area contributed by atoms with Gasteiger partial charge < -0.3 is 14.7 Å². The third-order valence-corrected chi connectivity index (χ3v) is 4.53. The maximum atomic E-state index is 9.96. The Morgan fingerprint density at radius 3 is 2.86 bits per heavy atom. The first kappa shape index (κ1) is 15.0. The van der Waals surface area contributed by atoms with Crippen LogP contribution in [0.4, 0.5) is 0 Å². The molecule has 6 heteroatoms. The fourth-order valence-corrected chi connectivity index (χ4v) is 3.26. The van der Waals surface area contributed by atoms with Crippen molar-refractivity contribution in [1.29, 1.82) is 0 Å². The SMILES string of the molecule is Cc1ccn(CCN2CCCN([C@@H]3COC[C@H]3O)CC2)n1. The number of aromatic nitrogens is 2. The van der Waals surface area contributed by atoms with Crippen LogP contribution in [0.3, 0.4) is 0 Å².